The normalized spacial score (nSPS) is 19.7. The first-order valence-electron chi connectivity index (χ1n) is 9.49. The molecule has 3 rings (SSSR count). The molecule has 2 heterocycles. The summed E-state index contributed by atoms with van der Waals surface area (Å²) in [5.41, 5.74) is -1.15. The van der Waals surface area contributed by atoms with E-state index in [1.807, 2.05) is 13.8 Å². The number of carbonyl (C=O) groups excluding carboxylic acids is 2. The van der Waals surface area contributed by atoms with Gasteiger partial charge in [-0.1, -0.05) is 0 Å². The Bertz CT molecular complexity index is 775. The molecule has 2 aliphatic heterocycles. The van der Waals surface area contributed by atoms with Crippen LogP contribution in [0.2, 0.25) is 0 Å². The van der Waals surface area contributed by atoms with Crippen molar-refractivity contribution in [3.05, 3.63) is 35.4 Å². The van der Waals surface area contributed by atoms with E-state index in [0.717, 1.165) is 17.9 Å². The van der Waals surface area contributed by atoms with Gasteiger partial charge in [-0.2, -0.15) is 13.2 Å². The maximum Gasteiger partial charge on any atom is 0.416 e. The molecule has 0 N–H and O–H groups in total. The second-order valence-corrected chi connectivity index (χ2v) is 9.86. The zero-order valence-electron chi connectivity index (χ0n) is 16.4. The van der Waals surface area contributed by atoms with Crippen LogP contribution in [0.25, 0.3) is 0 Å². The minimum absolute atomic E-state index is 0.00552. The fraction of sp³-hybridized carbons (Fsp3) is 0.600. The zero-order valence-corrected chi connectivity index (χ0v) is 18.0. The molecule has 1 spiro atoms. The number of halogens is 4. The lowest BCUT2D eigenvalue weighted by Crippen LogP contribution is -2.55. The third kappa shape index (κ3) is 4.38. The van der Waals surface area contributed by atoms with Gasteiger partial charge in [-0.05, 0) is 51.0 Å². The van der Waals surface area contributed by atoms with Crippen LogP contribution in [-0.4, -0.2) is 57.8 Å². The average molecular weight is 449 g/mol. The van der Waals surface area contributed by atoms with E-state index in [0.29, 0.717) is 32.5 Å². The van der Waals surface area contributed by atoms with Gasteiger partial charge in [0.25, 0.3) is 5.91 Å². The summed E-state index contributed by atoms with van der Waals surface area (Å²) >= 11 is 7.62. The number of thioether (sulfide) groups is 1. The minimum atomic E-state index is -4.43. The van der Waals surface area contributed by atoms with Gasteiger partial charge in [-0.25, -0.2) is 0 Å². The van der Waals surface area contributed by atoms with E-state index in [1.165, 1.54) is 12.1 Å². The highest BCUT2D eigenvalue weighted by Crippen LogP contribution is 2.45. The predicted molar refractivity (Wildman–Crippen MR) is 108 cm³/mol. The van der Waals surface area contributed by atoms with Crippen molar-refractivity contribution >= 4 is 35.2 Å². The first kappa shape index (κ1) is 22.3. The molecule has 2 saturated heterocycles. The van der Waals surface area contributed by atoms with Crippen molar-refractivity contribution in [1.82, 2.24) is 9.80 Å². The third-order valence-corrected chi connectivity index (χ3v) is 7.85. The van der Waals surface area contributed by atoms with Gasteiger partial charge in [0.1, 0.15) is 0 Å². The van der Waals surface area contributed by atoms with Crippen molar-refractivity contribution in [2.24, 2.45) is 5.41 Å². The number of likely N-dealkylation sites (tertiary alicyclic amines) is 1. The van der Waals surface area contributed by atoms with Crippen molar-refractivity contribution < 1.29 is 22.8 Å². The Kier molecular flexibility index (Phi) is 6.16. The smallest absolute Gasteiger partial charge is 0.342 e. The molecule has 2 aliphatic rings. The second-order valence-electron chi connectivity index (χ2n) is 8.14. The zero-order chi connectivity index (χ0) is 21.4. The molecule has 29 heavy (non-hydrogen) atoms. The van der Waals surface area contributed by atoms with Gasteiger partial charge in [-0.15, -0.1) is 23.4 Å². The Morgan fingerprint density at radius 3 is 2.21 bits per heavy atom. The monoisotopic (exact) mass is 448 g/mol. The van der Waals surface area contributed by atoms with E-state index in [4.69, 9.17) is 11.6 Å². The second kappa shape index (κ2) is 8.02. The van der Waals surface area contributed by atoms with Gasteiger partial charge in [0.2, 0.25) is 5.91 Å². The Balaban J connectivity index is 1.72. The lowest BCUT2D eigenvalue weighted by atomic mass is 9.92. The van der Waals surface area contributed by atoms with Gasteiger partial charge >= 0.3 is 6.18 Å². The molecule has 2 fully saturated rings. The summed E-state index contributed by atoms with van der Waals surface area (Å²) in [4.78, 5) is 28.9. The molecular formula is C20H24ClF3N2O2S. The number of hydrogen-bond donors (Lipinski definition) is 0. The van der Waals surface area contributed by atoms with Crippen molar-refractivity contribution in [2.75, 3.05) is 31.3 Å². The van der Waals surface area contributed by atoms with Crippen LogP contribution in [0.4, 0.5) is 13.2 Å². The van der Waals surface area contributed by atoms with Crippen molar-refractivity contribution in [1.29, 1.82) is 0 Å². The molecule has 0 radical (unpaired) electrons. The molecule has 0 unspecified atom stereocenters. The van der Waals surface area contributed by atoms with Crippen LogP contribution in [0.15, 0.2) is 24.3 Å². The van der Waals surface area contributed by atoms with Gasteiger partial charge in [0, 0.05) is 36.8 Å². The number of amides is 2. The van der Waals surface area contributed by atoms with Crippen molar-refractivity contribution in [2.45, 2.75) is 37.7 Å². The number of hydrogen-bond acceptors (Lipinski definition) is 3. The highest BCUT2D eigenvalue weighted by atomic mass is 35.5. The van der Waals surface area contributed by atoms with Crippen LogP contribution in [0.3, 0.4) is 0 Å². The predicted octanol–water partition coefficient (Wildman–Crippen LogP) is 4.48. The lowest BCUT2D eigenvalue weighted by molar-refractivity contribution is -0.141. The van der Waals surface area contributed by atoms with E-state index < -0.39 is 22.0 Å². The maximum atomic E-state index is 13.0. The molecule has 0 atom stereocenters. The number of piperidine rings is 1. The molecule has 0 aliphatic carbocycles. The number of nitrogens with zero attached hydrogens (tertiary/aromatic N) is 2. The van der Waals surface area contributed by atoms with Crippen molar-refractivity contribution in [3.63, 3.8) is 0 Å². The number of alkyl halides is 4. The van der Waals surface area contributed by atoms with Gasteiger partial charge in [0.05, 0.1) is 15.8 Å². The highest BCUT2D eigenvalue weighted by molar-refractivity contribution is 8.00. The fourth-order valence-electron chi connectivity index (χ4n) is 3.81. The number of benzene rings is 1. The summed E-state index contributed by atoms with van der Waals surface area (Å²) in [5, 5.41) is 0. The molecule has 0 aromatic heterocycles. The molecule has 0 bridgehead atoms. The number of carbonyl (C=O) groups is 2. The van der Waals surface area contributed by atoms with Crippen LogP contribution in [-0.2, 0) is 11.0 Å². The molecule has 1 aromatic rings. The Labute approximate surface area is 177 Å². The summed E-state index contributed by atoms with van der Waals surface area (Å²) in [6.07, 6.45) is -3.16. The summed E-state index contributed by atoms with van der Waals surface area (Å²) in [5.74, 6) is 0.754. The Morgan fingerprint density at radius 1 is 1.10 bits per heavy atom. The largest absolute Gasteiger partial charge is 0.416 e. The molecule has 4 nitrogen and oxygen atoms in total. The van der Waals surface area contributed by atoms with E-state index in [2.05, 4.69) is 0 Å². The Morgan fingerprint density at radius 2 is 1.69 bits per heavy atom. The Hall–Kier alpha value is -1.41. The molecule has 2 amide bonds. The summed E-state index contributed by atoms with van der Waals surface area (Å²) in [6, 6.07) is 4.37. The fourth-order valence-corrected chi connectivity index (χ4v) is 5.38. The van der Waals surface area contributed by atoms with Crippen LogP contribution in [0.1, 0.15) is 42.6 Å². The van der Waals surface area contributed by atoms with Crippen molar-refractivity contribution in [3.8, 4) is 0 Å². The van der Waals surface area contributed by atoms with Gasteiger partial charge in [0.15, 0.2) is 0 Å². The third-order valence-electron chi connectivity index (χ3n) is 5.63. The highest BCUT2D eigenvalue weighted by Gasteiger charge is 2.48. The molecule has 160 valence electrons. The first-order valence-corrected chi connectivity index (χ1v) is 11.0. The summed E-state index contributed by atoms with van der Waals surface area (Å²) < 4.78 is 38.3. The first-order chi connectivity index (χ1) is 13.5. The van der Waals surface area contributed by atoms with E-state index in [-0.39, 0.29) is 23.3 Å². The molecule has 1 aromatic carbocycles. The average Bonchev–Trinajstić information content (AvgIpc) is 3.09. The van der Waals surface area contributed by atoms with Gasteiger partial charge < -0.3 is 9.80 Å². The van der Waals surface area contributed by atoms with Crippen LogP contribution in [0, 0.1) is 5.41 Å². The summed E-state index contributed by atoms with van der Waals surface area (Å²) in [6.45, 7) is 5.24. The quantitative estimate of drug-likeness (QED) is 0.640. The molecular weight excluding hydrogens is 425 g/mol. The molecule has 0 saturated carbocycles. The topological polar surface area (TPSA) is 40.6 Å². The van der Waals surface area contributed by atoms with E-state index >= 15 is 0 Å². The molecule has 9 heteroatoms. The van der Waals surface area contributed by atoms with Gasteiger partial charge in [-0.3, -0.25) is 9.59 Å². The van der Waals surface area contributed by atoms with Crippen LogP contribution in [0.5, 0.6) is 0 Å². The lowest BCUT2D eigenvalue weighted by Gasteiger charge is -2.45. The van der Waals surface area contributed by atoms with E-state index in [1.54, 1.807) is 21.6 Å². The standard InChI is InChI=1S/C20H24ClF3N2O2S/c1-18(2,13-21)17(28)25-9-7-19(8-10-25)26(11-12-29-19)16(27)14-3-5-15(6-4-14)20(22,23)24/h3-6H,7-13H2,1-2H3. The van der Waals surface area contributed by atoms with Crippen LogP contribution >= 0.6 is 23.4 Å². The summed E-state index contributed by atoms with van der Waals surface area (Å²) in [7, 11) is 0. The SMILES string of the molecule is CC(C)(CCl)C(=O)N1CCC2(CC1)SCCN2C(=O)c1ccc(C(F)(F)F)cc1. The number of rotatable bonds is 3. The maximum absolute atomic E-state index is 13.0. The van der Waals surface area contributed by atoms with E-state index in [9.17, 15) is 22.8 Å². The van der Waals surface area contributed by atoms with Crippen LogP contribution < -0.4 is 0 Å². The minimum Gasteiger partial charge on any atom is -0.342 e.